The number of hydrogen-bond donors (Lipinski definition) is 2. The molecule has 8 heteroatoms. The summed E-state index contributed by atoms with van der Waals surface area (Å²) in [6, 6.07) is 5.03. The average Bonchev–Trinajstić information content (AvgIpc) is 3.24. The van der Waals surface area contributed by atoms with Gasteiger partial charge in [-0.3, -0.25) is 5.10 Å². The van der Waals surface area contributed by atoms with Crippen LogP contribution in [0.5, 0.6) is 0 Å². The van der Waals surface area contributed by atoms with Crippen molar-refractivity contribution < 1.29 is 12.8 Å². The standard InChI is InChI=1S/C20H25FN4O2S/c1-20(2,3)12-25-11-13(10-23-28(26,27)14-4-5-14)15-8-17(21)16(9-19(15)25)18-6-7-22-24-18/h6-9,11,14,23H,4-5,10,12H2,1-3H3,(H,22,24). The number of benzene rings is 1. The minimum atomic E-state index is -3.30. The molecule has 0 unspecified atom stereocenters. The number of nitrogens with one attached hydrogen (secondary N) is 2. The maximum Gasteiger partial charge on any atom is 0.214 e. The highest BCUT2D eigenvalue weighted by Gasteiger charge is 2.35. The van der Waals surface area contributed by atoms with Crippen LogP contribution in [0, 0.1) is 11.2 Å². The molecular weight excluding hydrogens is 379 g/mol. The normalized spacial score (nSPS) is 15.4. The van der Waals surface area contributed by atoms with Crippen LogP contribution in [0.2, 0.25) is 0 Å². The molecule has 1 aromatic carbocycles. The lowest BCUT2D eigenvalue weighted by Gasteiger charge is -2.20. The SMILES string of the molecule is CC(C)(C)Cn1cc(CNS(=O)(=O)C2CC2)c2cc(F)c(-c3ccn[nH]3)cc21. The van der Waals surface area contributed by atoms with Crippen molar-refractivity contribution in [3.63, 3.8) is 0 Å². The average molecular weight is 405 g/mol. The molecule has 0 amide bonds. The van der Waals surface area contributed by atoms with Crippen molar-refractivity contribution in [3.8, 4) is 11.3 Å². The van der Waals surface area contributed by atoms with Crippen LogP contribution in [0.25, 0.3) is 22.2 Å². The number of fused-ring (bicyclic) bond motifs is 1. The summed E-state index contributed by atoms with van der Waals surface area (Å²) in [5, 5.41) is 7.16. The van der Waals surface area contributed by atoms with Gasteiger partial charge in [0.2, 0.25) is 10.0 Å². The van der Waals surface area contributed by atoms with E-state index in [0.717, 1.165) is 23.0 Å². The van der Waals surface area contributed by atoms with Crippen molar-refractivity contribution in [1.29, 1.82) is 0 Å². The fraction of sp³-hybridized carbons (Fsp3) is 0.450. The van der Waals surface area contributed by atoms with Gasteiger partial charge in [0.05, 0.1) is 10.9 Å². The summed E-state index contributed by atoms with van der Waals surface area (Å²) in [5.41, 5.74) is 2.72. The summed E-state index contributed by atoms with van der Waals surface area (Å²) < 4.78 is 44.0. The van der Waals surface area contributed by atoms with E-state index in [2.05, 4.69) is 40.3 Å². The Kier molecular flexibility index (Phi) is 4.58. The van der Waals surface area contributed by atoms with Crippen LogP contribution < -0.4 is 4.72 Å². The molecule has 1 saturated carbocycles. The van der Waals surface area contributed by atoms with Crippen molar-refractivity contribution in [1.82, 2.24) is 19.5 Å². The largest absolute Gasteiger partial charge is 0.347 e. The maximum absolute atomic E-state index is 14.8. The number of halogens is 1. The smallest absolute Gasteiger partial charge is 0.214 e. The fourth-order valence-electron chi connectivity index (χ4n) is 3.45. The summed E-state index contributed by atoms with van der Waals surface area (Å²) in [5.74, 6) is -0.364. The van der Waals surface area contributed by atoms with E-state index in [1.165, 1.54) is 6.07 Å². The van der Waals surface area contributed by atoms with E-state index >= 15 is 0 Å². The Morgan fingerprint density at radius 1 is 1.32 bits per heavy atom. The number of aromatic nitrogens is 3. The zero-order chi connectivity index (χ0) is 20.1. The molecule has 1 aliphatic carbocycles. The molecule has 150 valence electrons. The lowest BCUT2D eigenvalue weighted by Crippen LogP contribution is -2.26. The lowest BCUT2D eigenvalue weighted by atomic mass is 9.97. The third kappa shape index (κ3) is 3.84. The van der Waals surface area contributed by atoms with Crippen molar-refractivity contribution in [2.24, 2.45) is 5.41 Å². The van der Waals surface area contributed by atoms with Gasteiger partial charge in [0.1, 0.15) is 5.82 Å². The highest BCUT2D eigenvalue weighted by Crippen LogP contribution is 2.32. The van der Waals surface area contributed by atoms with E-state index in [4.69, 9.17) is 0 Å². The molecular formula is C20H25FN4O2S. The van der Waals surface area contributed by atoms with Gasteiger partial charge in [-0.15, -0.1) is 0 Å². The number of aromatic amines is 1. The molecule has 2 N–H and O–H groups in total. The molecule has 2 aromatic heterocycles. The van der Waals surface area contributed by atoms with E-state index in [-0.39, 0.29) is 23.0 Å². The van der Waals surface area contributed by atoms with Crippen LogP contribution in [0.4, 0.5) is 4.39 Å². The second-order valence-electron chi connectivity index (χ2n) is 8.73. The molecule has 0 saturated heterocycles. The molecule has 0 bridgehead atoms. The molecule has 3 aromatic rings. The van der Waals surface area contributed by atoms with Gasteiger partial charge in [-0.2, -0.15) is 5.10 Å². The van der Waals surface area contributed by atoms with E-state index in [9.17, 15) is 12.8 Å². The van der Waals surface area contributed by atoms with Crippen LogP contribution in [-0.2, 0) is 23.1 Å². The first-order valence-electron chi connectivity index (χ1n) is 9.43. The highest BCUT2D eigenvalue weighted by molar-refractivity contribution is 7.90. The van der Waals surface area contributed by atoms with Crippen LogP contribution in [-0.4, -0.2) is 28.4 Å². The summed E-state index contributed by atoms with van der Waals surface area (Å²) in [4.78, 5) is 0. The Morgan fingerprint density at radius 3 is 2.68 bits per heavy atom. The van der Waals surface area contributed by atoms with E-state index in [1.54, 1.807) is 12.3 Å². The fourth-order valence-corrected chi connectivity index (χ4v) is 4.80. The second kappa shape index (κ2) is 6.70. The predicted octanol–water partition coefficient (Wildman–Crippen LogP) is 3.80. The van der Waals surface area contributed by atoms with Gasteiger partial charge in [0.15, 0.2) is 0 Å². The quantitative estimate of drug-likeness (QED) is 0.656. The van der Waals surface area contributed by atoms with E-state index in [1.807, 2.05) is 12.3 Å². The Bertz CT molecular complexity index is 1110. The van der Waals surface area contributed by atoms with Gasteiger partial charge in [0.25, 0.3) is 0 Å². The topological polar surface area (TPSA) is 79.8 Å². The Balaban J connectivity index is 1.77. The van der Waals surface area contributed by atoms with Gasteiger partial charge in [-0.25, -0.2) is 17.5 Å². The van der Waals surface area contributed by atoms with E-state index < -0.39 is 10.0 Å². The minimum Gasteiger partial charge on any atom is -0.347 e. The van der Waals surface area contributed by atoms with Gasteiger partial charge >= 0.3 is 0 Å². The summed E-state index contributed by atoms with van der Waals surface area (Å²) in [6.45, 7) is 7.29. The van der Waals surface area contributed by atoms with Gasteiger partial charge in [-0.05, 0) is 42.0 Å². The Labute approximate surface area is 164 Å². The summed E-state index contributed by atoms with van der Waals surface area (Å²) in [7, 11) is -3.30. The van der Waals surface area contributed by atoms with Crippen LogP contribution in [0.3, 0.4) is 0 Å². The van der Waals surface area contributed by atoms with Gasteiger partial charge in [-0.1, -0.05) is 20.8 Å². The van der Waals surface area contributed by atoms with Gasteiger partial charge in [0, 0.05) is 41.9 Å². The maximum atomic E-state index is 14.8. The third-order valence-corrected chi connectivity index (χ3v) is 6.81. The van der Waals surface area contributed by atoms with Crippen LogP contribution in [0.1, 0.15) is 39.2 Å². The molecule has 0 aliphatic heterocycles. The van der Waals surface area contributed by atoms with Crippen molar-refractivity contribution in [3.05, 3.63) is 42.0 Å². The number of H-pyrrole nitrogens is 1. The van der Waals surface area contributed by atoms with E-state index in [0.29, 0.717) is 24.1 Å². The molecule has 1 fully saturated rings. The summed E-state index contributed by atoms with van der Waals surface area (Å²) in [6.07, 6.45) is 4.94. The molecule has 28 heavy (non-hydrogen) atoms. The molecule has 2 heterocycles. The molecule has 0 spiro atoms. The zero-order valence-corrected chi connectivity index (χ0v) is 17.1. The van der Waals surface area contributed by atoms with Crippen molar-refractivity contribution >= 4 is 20.9 Å². The molecule has 0 radical (unpaired) electrons. The lowest BCUT2D eigenvalue weighted by molar-refractivity contribution is 0.349. The predicted molar refractivity (Wildman–Crippen MR) is 108 cm³/mol. The van der Waals surface area contributed by atoms with Crippen LogP contribution in [0.15, 0.2) is 30.6 Å². The van der Waals surface area contributed by atoms with Gasteiger partial charge < -0.3 is 4.57 Å². The zero-order valence-electron chi connectivity index (χ0n) is 16.3. The molecule has 1 aliphatic rings. The molecule has 6 nitrogen and oxygen atoms in total. The number of sulfonamides is 1. The molecule has 4 rings (SSSR count). The molecule has 0 atom stereocenters. The number of nitrogens with zero attached hydrogens (tertiary/aromatic N) is 2. The van der Waals surface area contributed by atoms with Crippen molar-refractivity contribution in [2.45, 2.75) is 52.0 Å². The Morgan fingerprint density at radius 2 is 2.07 bits per heavy atom. The Hall–Kier alpha value is -2.19. The monoisotopic (exact) mass is 404 g/mol. The third-order valence-electron chi connectivity index (χ3n) is 4.92. The van der Waals surface area contributed by atoms with Crippen molar-refractivity contribution in [2.75, 3.05) is 0 Å². The first kappa shape index (κ1) is 19.1. The first-order chi connectivity index (χ1) is 13.1. The summed E-state index contributed by atoms with van der Waals surface area (Å²) >= 11 is 0. The first-order valence-corrected chi connectivity index (χ1v) is 11.0. The second-order valence-corrected chi connectivity index (χ2v) is 10.8. The number of hydrogen-bond acceptors (Lipinski definition) is 3. The highest BCUT2D eigenvalue weighted by atomic mass is 32.2. The van der Waals surface area contributed by atoms with Crippen LogP contribution >= 0.6 is 0 Å². The minimum absolute atomic E-state index is 0.0132. The number of rotatable bonds is 6.